The summed E-state index contributed by atoms with van der Waals surface area (Å²) < 4.78 is 25.4. The first-order valence-electron chi connectivity index (χ1n) is 14.5. The van der Waals surface area contributed by atoms with Crippen molar-refractivity contribution in [2.45, 2.75) is 58.0 Å². The average molecular weight is 542 g/mol. The van der Waals surface area contributed by atoms with Gasteiger partial charge in [-0.05, 0) is 93.3 Å². The van der Waals surface area contributed by atoms with Gasteiger partial charge in [0.15, 0.2) is 0 Å². The van der Waals surface area contributed by atoms with E-state index in [0.717, 1.165) is 90.9 Å². The van der Waals surface area contributed by atoms with Gasteiger partial charge in [-0.2, -0.15) is 0 Å². The van der Waals surface area contributed by atoms with Gasteiger partial charge in [-0.3, -0.25) is 0 Å². The topological polar surface area (TPSA) is 70.0 Å². The van der Waals surface area contributed by atoms with E-state index >= 15 is 0 Å². The number of benzene rings is 2. The average Bonchev–Trinajstić information content (AvgIpc) is 2.98. The zero-order chi connectivity index (χ0) is 27.4. The van der Waals surface area contributed by atoms with Crippen LogP contribution in [0.1, 0.15) is 56.9 Å². The first-order valence-corrected chi connectivity index (χ1v) is 14.5. The van der Waals surface area contributed by atoms with Crippen molar-refractivity contribution in [2.75, 3.05) is 26.4 Å². The van der Waals surface area contributed by atoms with Gasteiger partial charge in [-0.1, -0.05) is 36.4 Å². The molecule has 0 aliphatic carbocycles. The zero-order valence-electron chi connectivity index (χ0n) is 23.1. The summed E-state index contributed by atoms with van der Waals surface area (Å²) in [5.74, 6) is 2.85. The molecule has 2 aromatic carbocycles. The van der Waals surface area contributed by atoms with Gasteiger partial charge in [0.2, 0.25) is 0 Å². The Morgan fingerprint density at radius 1 is 0.550 bits per heavy atom. The molecule has 4 bridgehead atoms. The lowest BCUT2D eigenvalue weighted by Gasteiger charge is -2.19. The minimum absolute atomic E-state index is 0.0998. The first kappa shape index (κ1) is 27.8. The molecule has 2 aliphatic rings. The van der Waals surface area contributed by atoms with E-state index in [1.165, 1.54) is 0 Å². The maximum absolute atomic E-state index is 10.0. The van der Waals surface area contributed by atoms with Crippen LogP contribution in [-0.2, 0) is 6.61 Å². The molecule has 0 saturated heterocycles. The molecule has 0 radical (unpaired) electrons. The molecule has 210 valence electrons. The van der Waals surface area contributed by atoms with Gasteiger partial charge in [0, 0.05) is 0 Å². The minimum Gasteiger partial charge on any atom is -0.493 e. The quantitative estimate of drug-likeness (QED) is 0.319. The molecule has 0 spiro atoms. The smallest absolute Gasteiger partial charge is 0.132 e. The number of aliphatic hydroxyl groups is 1. The summed E-state index contributed by atoms with van der Waals surface area (Å²) in [5, 5.41) is 10.0. The van der Waals surface area contributed by atoms with Crippen LogP contribution in [0, 0.1) is 0 Å². The molecule has 6 nitrogen and oxygen atoms in total. The van der Waals surface area contributed by atoms with Crippen molar-refractivity contribution in [1.82, 2.24) is 4.98 Å². The second kappa shape index (κ2) is 14.6. The van der Waals surface area contributed by atoms with Gasteiger partial charge in [0.25, 0.3) is 0 Å². The Balaban J connectivity index is 1.67. The van der Waals surface area contributed by atoms with Gasteiger partial charge in [-0.15, -0.1) is 0 Å². The van der Waals surface area contributed by atoms with Crippen molar-refractivity contribution in [3.8, 4) is 45.5 Å². The van der Waals surface area contributed by atoms with Gasteiger partial charge in [-0.25, -0.2) is 4.98 Å². The maximum atomic E-state index is 10.0. The summed E-state index contributed by atoms with van der Waals surface area (Å²) in [5.41, 5.74) is 3.89. The maximum Gasteiger partial charge on any atom is 0.132 e. The third-order valence-electron chi connectivity index (χ3n) is 6.98. The number of hydrogen-bond donors (Lipinski definition) is 1. The Hall–Kier alpha value is -3.77. The van der Waals surface area contributed by atoms with E-state index in [4.69, 9.17) is 23.9 Å². The van der Waals surface area contributed by atoms with Crippen LogP contribution < -0.4 is 18.9 Å². The van der Waals surface area contributed by atoms with E-state index in [0.29, 0.717) is 37.9 Å². The minimum atomic E-state index is -0.0998. The van der Waals surface area contributed by atoms with Crippen LogP contribution in [0.3, 0.4) is 0 Å². The fraction of sp³-hybridized carbons (Fsp3) is 0.382. The molecule has 1 N–H and O–H groups in total. The highest BCUT2D eigenvalue weighted by Crippen LogP contribution is 2.43. The van der Waals surface area contributed by atoms with Crippen LogP contribution in [0.4, 0.5) is 0 Å². The van der Waals surface area contributed by atoms with Crippen LogP contribution in [-0.4, -0.2) is 36.5 Å². The third-order valence-corrected chi connectivity index (χ3v) is 6.98. The van der Waals surface area contributed by atoms with Gasteiger partial charge in [0.1, 0.15) is 23.0 Å². The molecule has 0 saturated carbocycles. The summed E-state index contributed by atoms with van der Waals surface area (Å²) in [6.45, 7) is 2.23. The van der Waals surface area contributed by atoms with E-state index in [9.17, 15) is 5.11 Å². The van der Waals surface area contributed by atoms with Crippen molar-refractivity contribution < 1.29 is 24.1 Å². The highest BCUT2D eigenvalue weighted by molar-refractivity contribution is 5.80. The Morgan fingerprint density at radius 2 is 0.950 bits per heavy atom. The number of rotatable bonds is 1. The Labute approximate surface area is 237 Å². The Morgan fingerprint density at radius 3 is 1.40 bits per heavy atom. The van der Waals surface area contributed by atoms with E-state index in [-0.39, 0.29) is 6.61 Å². The second-order valence-corrected chi connectivity index (χ2v) is 10.1. The molecule has 3 aromatic rings. The van der Waals surface area contributed by atoms with Crippen LogP contribution in [0.15, 0.2) is 72.8 Å². The molecule has 5 rings (SSSR count). The summed E-state index contributed by atoms with van der Waals surface area (Å²) in [4.78, 5) is 5.14. The highest BCUT2D eigenvalue weighted by Gasteiger charge is 2.21. The van der Waals surface area contributed by atoms with E-state index in [2.05, 4.69) is 24.3 Å². The molecule has 2 aliphatic heterocycles. The summed E-state index contributed by atoms with van der Waals surface area (Å²) in [7, 11) is 0. The number of pyridine rings is 1. The van der Waals surface area contributed by atoms with Gasteiger partial charge in [0.05, 0.1) is 55.5 Å². The number of aromatic nitrogens is 1. The van der Waals surface area contributed by atoms with Crippen LogP contribution in [0.2, 0.25) is 0 Å². The first-order chi connectivity index (χ1) is 19.8. The van der Waals surface area contributed by atoms with Crippen molar-refractivity contribution >= 4 is 0 Å². The summed E-state index contributed by atoms with van der Waals surface area (Å²) in [6, 6.07) is 15.7. The summed E-state index contributed by atoms with van der Waals surface area (Å²) in [6.07, 6.45) is 16.3. The SMILES string of the molecule is OCc1cc2c3c(c1)OCCC/C=C\CCCOc1cccc(c1-c1cccc-3n1)OCCC/C=C\CCCO2. The van der Waals surface area contributed by atoms with Crippen LogP contribution in [0.5, 0.6) is 23.0 Å². The fourth-order valence-electron chi connectivity index (χ4n) is 4.94. The highest BCUT2D eigenvalue weighted by atomic mass is 16.5. The predicted octanol–water partition coefficient (Wildman–Crippen LogP) is 7.68. The van der Waals surface area contributed by atoms with Crippen molar-refractivity contribution in [3.63, 3.8) is 0 Å². The number of allylic oxidation sites excluding steroid dienone is 4. The van der Waals surface area contributed by atoms with E-state index < -0.39 is 0 Å². The van der Waals surface area contributed by atoms with E-state index in [1.807, 2.05) is 48.5 Å². The normalized spacial score (nSPS) is 18.2. The molecule has 3 heterocycles. The number of aliphatic hydroxyl groups excluding tert-OH is 1. The molecule has 0 atom stereocenters. The molecule has 0 fully saturated rings. The van der Waals surface area contributed by atoms with Crippen molar-refractivity contribution in [3.05, 3.63) is 78.4 Å². The molecule has 6 heteroatoms. The standard InChI is InChI=1S/C34H39NO5/c36-25-26-23-31-34-28-16-13-15-27(35-28)33-29(37-19-9-5-1-3-7-11-21-39-31)17-14-18-30(33)38-20-10-6-2-4-8-12-22-40-32(34)24-26/h1-4,13-18,23-24,36H,5-12,19-22,25H2/b3-1-,4-2-. The van der Waals surface area contributed by atoms with Crippen molar-refractivity contribution in [1.29, 1.82) is 0 Å². The number of nitrogens with zero attached hydrogens (tertiary/aromatic N) is 1. The lowest BCUT2D eigenvalue weighted by molar-refractivity contribution is 0.274. The summed E-state index contributed by atoms with van der Waals surface area (Å²) >= 11 is 0. The third kappa shape index (κ3) is 7.24. The second-order valence-electron chi connectivity index (χ2n) is 10.1. The van der Waals surface area contributed by atoms with Crippen LogP contribution in [0.25, 0.3) is 22.5 Å². The molecular formula is C34H39NO5. The van der Waals surface area contributed by atoms with E-state index in [1.54, 1.807) is 0 Å². The number of hydrogen-bond acceptors (Lipinski definition) is 6. The molecule has 40 heavy (non-hydrogen) atoms. The Kier molecular flexibility index (Phi) is 10.1. The lowest BCUT2D eigenvalue weighted by atomic mass is 10.0. The fourth-order valence-corrected chi connectivity index (χ4v) is 4.94. The number of ether oxygens (including phenoxy) is 4. The largest absolute Gasteiger partial charge is 0.493 e. The molecule has 0 unspecified atom stereocenters. The zero-order valence-corrected chi connectivity index (χ0v) is 23.1. The predicted molar refractivity (Wildman–Crippen MR) is 158 cm³/mol. The van der Waals surface area contributed by atoms with Crippen LogP contribution >= 0.6 is 0 Å². The lowest BCUT2D eigenvalue weighted by Crippen LogP contribution is -2.05. The Bertz CT molecular complexity index is 1250. The molecule has 0 amide bonds. The van der Waals surface area contributed by atoms with Crippen molar-refractivity contribution in [2.24, 2.45) is 0 Å². The van der Waals surface area contributed by atoms with Gasteiger partial charge >= 0.3 is 0 Å². The van der Waals surface area contributed by atoms with Gasteiger partial charge < -0.3 is 24.1 Å². The monoisotopic (exact) mass is 541 g/mol. The molecule has 1 aromatic heterocycles. The molecular weight excluding hydrogens is 502 g/mol.